The molecule has 0 bridgehead atoms. The van der Waals surface area contributed by atoms with Gasteiger partial charge >= 0.3 is 0 Å². The van der Waals surface area contributed by atoms with E-state index in [2.05, 4.69) is 5.32 Å². The fraction of sp³-hybridized carbons (Fsp3) is 1.00. The van der Waals surface area contributed by atoms with Gasteiger partial charge in [0, 0.05) is 6.04 Å². The number of fused-ring (bicyclic) bond motifs is 1. The summed E-state index contributed by atoms with van der Waals surface area (Å²) in [7, 11) is 0. The van der Waals surface area contributed by atoms with Crippen molar-refractivity contribution in [1.29, 1.82) is 0 Å². The van der Waals surface area contributed by atoms with Gasteiger partial charge in [0.2, 0.25) is 0 Å². The van der Waals surface area contributed by atoms with Crippen molar-refractivity contribution in [2.75, 3.05) is 13.2 Å². The van der Waals surface area contributed by atoms with Crippen molar-refractivity contribution in [2.24, 2.45) is 11.8 Å². The molecule has 3 atom stereocenters. The third-order valence-corrected chi connectivity index (χ3v) is 3.67. The molecule has 3 aliphatic rings. The summed E-state index contributed by atoms with van der Waals surface area (Å²) in [6.07, 6.45) is 5.87. The topological polar surface area (TPSA) is 21.3 Å². The first-order chi connectivity index (χ1) is 5.93. The number of hydrogen-bond donors (Lipinski definition) is 1. The standard InChI is InChI=1S/C10H17NO/c1-2-7-4-9(7)10(3-1)11-8-5-12-6-8/h7-11H,1-6H2/t7-,9+,10?/m0/s1. The third kappa shape index (κ3) is 1.17. The Morgan fingerprint density at radius 1 is 1.17 bits per heavy atom. The van der Waals surface area contributed by atoms with E-state index in [0.29, 0.717) is 6.04 Å². The summed E-state index contributed by atoms with van der Waals surface area (Å²) in [6.45, 7) is 1.90. The maximum atomic E-state index is 5.16. The van der Waals surface area contributed by atoms with Crippen LogP contribution in [0.5, 0.6) is 0 Å². The molecule has 0 amide bonds. The van der Waals surface area contributed by atoms with Crippen LogP contribution in [0.25, 0.3) is 0 Å². The Kier molecular flexibility index (Phi) is 1.66. The lowest BCUT2D eigenvalue weighted by molar-refractivity contribution is -0.0127. The highest BCUT2D eigenvalue weighted by molar-refractivity contribution is 4.99. The second kappa shape index (κ2) is 2.71. The zero-order chi connectivity index (χ0) is 7.97. The minimum absolute atomic E-state index is 0.689. The van der Waals surface area contributed by atoms with Gasteiger partial charge in [-0.15, -0.1) is 0 Å². The van der Waals surface area contributed by atoms with Gasteiger partial charge in [-0.3, -0.25) is 0 Å². The molecule has 68 valence electrons. The molecule has 3 rings (SSSR count). The SMILES string of the molecule is C1CC(NC2COC2)[C@@H]2C[C@@H]2C1. The maximum Gasteiger partial charge on any atom is 0.0643 e. The van der Waals surface area contributed by atoms with Crippen LogP contribution in [-0.2, 0) is 4.74 Å². The van der Waals surface area contributed by atoms with Crippen molar-refractivity contribution >= 4 is 0 Å². The Morgan fingerprint density at radius 3 is 2.83 bits per heavy atom. The van der Waals surface area contributed by atoms with Crippen LogP contribution in [0.2, 0.25) is 0 Å². The maximum absolute atomic E-state index is 5.16. The molecule has 12 heavy (non-hydrogen) atoms. The molecule has 0 spiro atoms. The van der Waals surface area contributed by atoms with Gasteiger partial charge < -0.3 is 10.1 Å². The van der Waals surface area contributed by atoms with Crippen LogP contribution in [0.1, 0.15) is 25.7 Å². The van der Waals surface area contributed by atoms with Gasteiger partial charge in [-0.2, -0.15) is 0 Å². The van der Waals surface area contributed by atoms with E-state index in [9.17, 15) is 0 Å². The molecule has 3 fully saturated rings. The Hall–Kier alpha value is -0.0800. The van der Waals surface area contributed by atoms with Crippen LogP contribution in [-0.4, -0.2) is 25.3 Å². The Labute approximate surface area is 73.7 Å². The summed E-state index contributed by atoms with van der Waals surface area (Å²) in [5.41, 5.74) is 0. The minimum atomic E-state index is 0.689. The lowest BCUT2D eigenvalue weighted by Gasteiger charge is -2.33. The van der Waals surface area contributed by atoms with Gasteiger partial charge in [0.15, 0.2) is 0 Å². The van der Waals surface area contributed by atoms with Gasteiger partial charge in [-0.1, -0.05) is 12.8 Å². The van der Waals surface area contributed by atoms with Crippen molar-refractivity contribution in [3.8, 4) is 0 Å². The monoisotopic (exact) mass is 167 g/mol. The van der Waals surface area contributed by atoms with E-state index in [1.807, 2.05) is 0 Å². The number of nitrogens with one attached hydrogen (secondary N) is 1. The molecular formula is C10H17NO. The normalized spacial score (nSPS) is 46.5. The third-order valence-electron chi connectivity index (χ3n) is 3.67. The smallest absolute Gasteiger partial charge is 0.0643 e. The van der Waals surface area contributed by atoms with Crippen LogP contribution in [0.4, 0.5) is 0 Å². The Morgan fingerprint density at radius 2 is 2.08 bits per heavy atom. The molecule has 2 nitrogen and oxygen atoms in total. The number of rotatable bonds is 2. The molecule has 2 aliphatic carbocycles. The molecule has 2 heteroatoms. The molecule has 0 aromatic heterocycles. The minimum Gasteiger partial charge on any atom is -0.378 e. The number of ether oxygens (including phenoxy) is 1. The van der Waals surface area contributed by atoms with Gasteiger partial charge in [-0.25, -0.2) is 0 Å². The van der Waals surface area contributed by atoms with E-state index >= 15 is 0 Å². The van der Waals surface area contributed by atoms with E-state index in [1.54, 1.807) is 0 Å². The average molecular weight is 167 g/mol. The zero-order valence-electron chi connectivity index (χ0n) is 7.46. The molecule has 1 saturated heterocycles. The molecule has 1 aliphatic heterocycles. The lowest BCUT2D eigenvalue weighted by Crippen LogP contribution is -2.51. The van der Waals surface area contributed by atoms with E-state index in [1.165, 1.54) is 25.7 Å². The second-order valence-electron chi connectivity index (χ2n) is 4.60. The summed E-state index contributed by atoms with van der Waals surface area (Å²) in [5, 5.41) is 3.72. The Balaban J connectivity index is 1.54. The van der Waals surface area contributed by atoms with Crippen LogP contribution in [0.3, 0.4) is 0 Å². The van der Waals surface area contributed by atoms with Crippen molar-refractivity contribution in [1.82, 2.24) is 5.32 Å². The average Bonchev–Trinajstić information content (AvgIpc) is 2.75. The largest absolute Gasteiger partial charge is 0.378 e. The van der Waals surface area contributed by atoms with Crippen LogP contribution >= 0.6 is 0 Å². The molecule has 1 heterocycles. The summed E-state index contributed by atoms with van der Waals surface area (Å²) in [5.74, 6) is 2.14. The summed E-state index contributed by atoms with van der Waals surface area (Å²) in [4.78, 5) is 0. The molecule has 0 aromatic carbocycles. The highest BCUT2D eigenvalue weighted by Crippen LogP contribution is 2.49. The highest BCUT2D eigenvalue weighted by Gasteiger charge is 2.45. The van der Waals surface area contributed by atoms with Crippen molar-refractivity contribution < 1.29 is 4.74 Å². The van der Waals surface area contributed by atoms with Gasteiger partial charge in [0.1, 0.15) is 0 Å². The molecule has 2 saturated carbocycles. The van der Waals surface area contributed by atoms with E-state index in [4.69, 9.17) is 4.74 Å². The van der Waals surface area contributed by atoms with E-state index in [-0.39, 0.29) is 0 Å². The van der Waals surface area contributed by atoms with Crippen LogP contribution in [0.15, 0.2) is 0 Å². The molecule has 1 N–H and O–H groups in total. The van der Waals surface area contributed by atoms with Gasteiger partial charge in [-0.05, 0) is 24.7 Å². The second-order valence-corrected chi connectivity index (χ2v) is 4.60. The fourth-order valence-electron chi connectivity index (χ4n) is 2.75. The lowest BCUT2D eigenvalue weighted by atomic mass is 9.94. The van der Waals surface area contributed by atoms with Crippen molar-refractivity contribution in [2.45, 2.75) is 37.8 Å². The van der Waals surface area contributed by atoms with Crippen molar-refractivity contribution in [3.63, 3.8) is 0 Å². The Bertz CT molecular complexity index is 179. The van der Waals surface area contributed by atoms with E-state index < -0.39 is 0 Å². The molecule has 0 aromatic rings. The zero-order valence-corrected chi connectivity index (χ0v) is 7.46. The first-order valence-electron chi connectivity index (χ1n) is 5.27. The summed E-state index contributed by atoms with van der Waals surface area (Å²) >= 11 is 0. The van der Waals surface area contributed by atoms with Crippen LogP contribution < -0.4 is 5.32 Å². The summed E-state index contributed by atoms with van der Waals surface area (Å²) in [6, 6.07) is 1.53. The fourth-order valence-corrected chi connectivity index (χ4v) is 2.75. The summed E-state index contributed by atoms with van der Waals surface area (Å²) < 4.78 is 5.16. The first-order valence-corrected chi connectivity index (χ1v) is 5.27. The van der Waals surface area contributed by atoms with Gasteiger partial charge in [0.05, 0.1) is 19.3 Å². The number of hydrogen-bond acceptors (Lipinski definition) is 2. The first kappa shape index (κ1) is 7.34. The highest BCUT2D eigenvalue weighted by atomic mass is 16.5. The van der Waals surface area contributed by atoms with Gasteiger partial charge in [0.25, 0.3) is 0 Å². The van der Waals surface area contributed by atoms with Crippen molar-refractivity contribution in [3.05, 3.63) is 0 Å². The van der Waals surface area contributed by atoms with E-state index in [0.717, 1.165) is 31.1 Å². The predicted octanol–water partition coefficient (Wildman–Crippen LogP) is 1.16. The molecule has 1 unspecified atom stereocenters. The quantitative estimate of drug-likeness (QED) is 0.666. The van der Waals surface area contributed by atoms with Crippen LogP contribution in [0, 0.1) is 11.8 Å². The molecular weight excluding hydrogens is 150 g/mol. The molecule has 0 radical (unpaired) electrons. The predicted molar refractivity (Wildman–Crippen MR) is 47.0 cm³/mol.